The molecule has 0 aliphatic carbocycles. The number of carbonyl (C=O) groups excluding carboxylic acids is 1. The van der Waals surface area contributed by atoms with Crippen molar-refractivity contribution in [2.75, 3.05) is 18.1 Å². The van der Waals surface area contributed by atoms with Gasteiger partial charge in [-0.05, 0) is 49.6 Å². The van der Waals surface area contributed by atoms with E-state index in [0.29, 0.717) is 13.2 Å². The van der Waals surface area contributed by atoms with Crippen LogP contribution >= 0.6 is 0 Å². The molecule has 1 aliphatic rings. The molecule has 6 nitrogen and oxygen atoms in total. The molecule has 1 amide bonds. The lowest BCUT2D eigenvalue weighted by atomic mass is 10.1. The van der Waals surface area contributed by atoms with Gasteiger partial charge in [0.2, 0.25) is 5.91 Å². The molecule has 0 N–H and O–H groups in total. The van der Waals surface area contributed by atoms with Gasteiger partial charge in [-0.2, -0.15) is 5.10 Å². The van der Waals surface area contributed by atoms with Crippen molar-refractivity contribution < 1.29 is 9.53 Å². The number of benzene rings is 1. The Hall–Kier alpha value is -2.89. The van der Waals surface area contributed by atoms with Gasteiger partial charge in [-0.3, -0.25) is 4.79 Å². The molecule has 0 radical (unpaired) electrons. The molecule has 3 heterocycles. The molecule has 0 fully saturated rings. The molecule has 6 heteroatoms. The smallest absolute Gasteiger partial charge is 0.249 e. The van der Waals surface area contributed by atoms with Gasteiger partial charge in [0.15, 0.2) is 5.65 Å². The van der Waals surface area contributed by atoms with Crippen molar-refractivity contribution >= 4 is 22.6 Å². The fourth-order valence-corrected chi connectivity index (χ4v) is 3.35. The van der Waals surface area contributed by atoms with E-state index in [0.717, 1.165) is 39.2 Å². The highest BCUT2D eigenvalue weighted by Gasteiger charge is 2.26. The molecule has 3 aromatic rings. The Labute approximate surface area is 146 Å². The molecule has 0 saturated heterocycles. The van der Waals surface area contributed by atoms with Crippen LogP contribution in [0.25, 0.3) is 11.0 Å². The number of hydrogen-bond donors (Lipinski definition) is 0. The number of amides is 1. The number of hydrogen-bond acceptors (Lipinski definition) is 4. The van der Waals surface area contributed by atoms with Crippen LogP contribution < -0.4 is 9.64 Å². The number of pyridine rings is 1. The van der Waals surface area contributed by atoms with E-state index in [2.05, 4.69) is 16.1 Å². The molecule has 25 heavy (non-hydrogen) atoms. The van der Waals surface area contributed by atoms with E-state index in [1.165, 1.54) is 0 Å². The second-order valence-corrected chi connectivity index (χ2v) is 6.55. The largest absolute Gasteiger partial charge is 0.489 e. The Bertz CT molecular complexity index is 977. The molecule has 0 saturated carbocycles. The Morgan fingerprint density at radius 2 is 2.00 bits per heavy atom. The SMILES string of the molecule is Cc1cc(C)c2c(c1)N(C(=O)Cn1ncc3cc(C)cnc31)CCO2. The summed E-state index contributed by atoms with van der Waals surface area (Å²) in [7, 11) is 0. The maximum Gasteiger partial charge on any atom is 0.249 e. The highest BCUT2D eigenvalue weighted by molar-refractivity contribution is 5.96. The molecule has 0 unspecified atom stereocenters. The van der Waals surface area contributed by atoms with E-state index < -0.39 is 0 Å². The predicted octanol–water partition coefficient (Wildman–Crippen LogP) is 2.78. The number of carbonyl (C=O) groups is 1. The van der Waals surface area contributed by atoms with Gasteiger partial charge in [-0.15, -0.1) is 0 Å². The highest BCUT2D eigenvalue weighted by atomic mass is 16.5. The lowest BCUT2D eigenvalue weighted by Crippen LogP contribution is -2.40. The summed E-state index contributed by atoms with van der Waals surface area (Å²) in [6, 6.07) is 6.09. The average molecular weight is 336 g/mol. The number of rotatable bonds is 2. The molecule has 2 aromatic heterocycles. The van der Waals surface area contributed by atoms with E-state index in [-0.39, 0.29) is 12.5 Å². The predicted molar refractivity (Wildman–Crippen MR) is 96.0 cm³/mol. The number of aryl methyl sites for hydroxylation is 3. The van der Waals surface area contributed by atoms with E-state index in [1.807, 2.05) is 32.9 Å². The second kappa shape index (κ2) is 5.88. The highest BCUT2D eigenvalue weighted by Crippen LogP contribution is 2.36. The minimum absolute atomic E-state index is 0.0121. The summed E-state index contributed by atoms with van der Waals surface area (Å²) in [5.41, 5.74) is 4.81. The number of fused-ring (bicyclic) bond motifs is 2. The molecular formula is C19H20N4O2. The lowest BCUT2D eigenvalue weighted by Gasteiger charge is -2.31. The first kappa shape index (κ1) is 15.6. The van der Waals surface area contributed by atoms with Crippen LogP contribution in [0.2, 0.25) is 0 Å². The standard InChI is InChI=1S/C19H20N4O2/c1-12-6-14(3)18-16(8-12)22(4-5-25-18)17(24)11-23-19-15(10-21-23)7-13(2)9-20-19/h6-10H,4-5,11H2,1-3H3. The summed E-state index contributed by atoms with van der Waals surface area (Å²) in [5, 5.41) is 5.28. The summed E-state index contributed by atoms with van der Waals surface area (Å²) in [4.78, 5) is 19.2. The van der Waals surface area contributed by atoms with Crippen molar-refractivity contribution in [3.8, 4) is 5.75 Å². The summed E-state index contributed by atoms with van der Waals surface area (Å²) in [6.07, 6.45) is 3.55. The van der Waals surface area contributed by atoms with Crippen LogP contribution in [0.15, 0.2) is 30.6 Å². The van der Waals surface area contributed by atoms with Gasteiger partial charge in [0.05, 0.1) is 18.4 Å². The fourth-order valence-electron chi connectivity index (χ4n) is 3.35. The third-order valence-corrected chi connectivity index (χ3v) is 4.45. The van der Waals surface area contributed by atoms with Gasteiger partial charge in [0.1, 0.15) is 18.9 Å². The lowest BCUT2D eigenvalue weighted by molar-refractivity contribution is -0.119. The van der Waals surface area contributed by atoms with Crippen LogP contribution in [0, 0.1) is 20.8 Å². The molecule has 1 aliphatic heterocycles. The number of anilines is 1. The van der Waals surface area contributed by atoms with Gasteiger partial charge in [-0.1, -0.05) is 6.07 Å². The molecule has 128 valence electrons. The van der Waals surface area contributed by atoms with Crippen LogP contribution in [0.4, 0.5) is 5.69 Å². The zero-order valence-corrected chi connectivity index (χ0v) is 14.6. The Morgan fingerprint density at radius 1 is 1.16 bits per heavy atom. The van der Waals surface area contributed by atoms with Crippen LogP contribution in [-0.4, -0.2) is 33.8 Å². The van der Waals surface area contributed by atoms with E-state index >= 15 is 0 Å². The Balaban J connectivity index is 1.66. The Morgan fingerprint density at radius 3 is 2.84 bits per heavy atom. The van der Waals surface area contributed by atoms with Crippen LogP contribution in [0.1, 0.15) is 16.7 Å². The van der Waals surface area contributed by atoms with Crippen LogP contribution in [0.3, 0.4) is 0 Å². The maximum atomic E-state index is 12.9. The van der Waals surface area contributed by atoms with Gasteiger partial charge in [0.25, 0.3) is 0 Å². The first-order valence-electron chi connectivity index (χ1n) is 8.35. The van der Waals surface area contributed by atoms with Crippen molar-refractivity contribution in [1.82, 2.24) is 14.8 Å². The van der Waals surface area contributed by atoms with Crippen LogP contribution in [-0.2, 0) is 11.3 Å². The third kappa shape index (κ3) is 2.73. The van der Waals surface area contributed by atoms with Crippen molar-refractivity contribution in [3.63, 3.8) is 0 Å². The second-order valence-electron chi connectivity index (χ2n) is 6.55. The van der Waals surface area contributed by atoms with Gasteiger partial charge in [-0.25, -0.2) is 9.67 Å². The summed E-state index contributed by atoms with van der Waals surface area (Å²) in [5.74, 6) is 0.784. The molecule has 0 atom stereocenters. The quantitative estimate of drug-likeness (QED) is 0.722. The van der Waals surface area contributed by atoms with Crippen molar-refractivity contribution in [1.29, 1.82) is 0 Å². The molecular weight excluding hydrogens is 316 g/mol. The van der Waals surface area contributed by atoms with E-state index in [1.54, 1.807) is 22.0 Å². The minimum Gasteiger partial charge on any atom is -0.489 e. The van der Waals surface area contributed by atoms with Gasteiger partial charge >= 0.3 is 0 Å². The first-order chi connectivity index (χ1) is 12.0. The van der Waals surface area contributed by atoms with Crippen molar-refractivity contribution in [2.24, 2.45) is 0 Å². The average Bonchev–Trinajstić information content (AvgIpc) is 2.96. The number of ether oxygens (including phenoxy) is 1. The normalized spacial score (nSPS) is 13.6. The number of aromatic nitrogens is 3. The molecule has 0 spiro atoms. The topological polar surface area (TPSA) is 60.2 Å². The summed E-state index contributed by atoms with van der Waals surface area (Å²) in [6.45, 7) is 7.22. The first-order valence-corrected chi connectivity index (χ1v) is 8.35. The summed E-state index contributed by atoms with van der Waals surface area (Å²) >= 11 is 0. The molecule has 0 bridgehead atoms. The maximum absolute atomic E-state index is 12.9. The fraction of sp³-hybridized carbons (Fsp3) is 0.316. The van der Waals surface area contributed by atoms with Gasteiger partial charge in [0, 0.05) is 11.6 Å². The zero-order valence-electron chi connectivity index (χ0n) is 14.6. The third-order valence-electron chi connectivity index (χ3n) is 4.45. The Kier molecular flexibility index (Phi) is 3.67. The molecule has 1 aromatic carbocycles. The van der Waals surface area contributed by atoms with Crippen molar-refractivity contribution in [2.45, 2.75) is 27.3 Å². The van der Waals surface area contributed by atoms with E-state index in [4.69, 9.17) is 4.74 Å². The zero-order chi connectivity index (χ0) is 17.6. The van der Waals surface area contributed by atoms with Crippen LogP contribution in [0.5, 0.6) is 5.75 Å². The monoisotopic (exact) mass is 336 g/mol. The van der Waals surface area contributed by atoms with Gasteiger partial charge < -0.3 is 9.64 Å². The number of nitrogens with zero attached hydrogens (tertiary/aromatic N) is 4. The summed E-state index contributed by atoms with van der Waals surface area (Å²) < 4.78 is 7.44. The molecule has 4 rings (SSSR count). The minimum atomic E-state index is -0.0121. The van der Waals surface area contributed by atoms with E-state index in [9.17, 15) is 4.79 Å². The van der Waals surface area contributed by atoms with Crippen molar-refractivity contribution in [3.05, 3.63) is 47.3 Å².